The van der Waals surface area contributed by atoms with Crippen LogP contribution < -0.4 is 5.32 Å². The second-order valence-electron chi connectivity index (χ2n) is 5.73. The monoisotopic (exact) mass is 344 g/mol. The number of pyridine rings is 1. The van der Waals surface area contributed by atoms with Gasteiger partial charge >= 0.3 is 0 Å². The van der Waals surface area contributed by atoms with E-state index in [0.717, 1.165) is 11.0 Å². The zero-order chi connectivity index (χ0) is 17.5. The van der Waals surface area contributed by atoms with Crippen molar-refractivity contribution in [2.75, 3.05) is 5.32 Å². The summed E-state index contributed by atoms with van der Waals surface area (Å²) in [5.74, 6) is 1.07. The molecular formula is C18H12N6O2. The quantitative estimate of drug-likeness (QED) is 0.524. The van der Waals surface area contributed by atoms with Crippen LogP contribution in [0.1, 0.15) is 10.4 Å². The molecule has 0 aliphatic rings. The molecule has 0 fully saturated rings. The zero-order valence-electron chi connectivity index (χ0n) is 13.4. The standard InChI is InChI=1S/C18H12N6O2/c25-18(11-3-6-16-19-10-20-24(16)9-11)21-12-4-5-13-14(8-12)23-17(22-13)15-2-1-7-26-15/h1-10H,(H,21,25)(H,22,23). The number of anilines is 1. The van der Waals surface area contributed by atoms with Crippen molar-refractivity contribution in [2.45, 2.75) is 0 Å². The second-order valence-corrected chi connectivity index (χ2v) is 5.73. The van der Waals surface area contributed by atoms with Crippen LogP contribution in [0.3, 0.4) is 0 Å². The van der Waals surface area contributed by atoms with E-state index in [9.17, 15) is 4.79 Å². The maximum atomic E-state index is 12.5. The third-order valence-electron chi connectivity index (χ3n) is 4.03. The Kier molecular flexibility index (Phi) is 3.08. The average Bonchev–Trinajstić information content (AvgIpc) is 3.39. The molecule has 5 aromatic rings. The normalized spacial score (nSPS) is 11.2. The Morgan fingerprint density at radius 3 is 3.04 bits per heavy atom. The van der Waals surface area contributed by atoms with Gasteiger partial charge in [0, 0.05) is 11.9 Å². The maximum absolute atomic E-state index is 12.5. The van der Waals surface area contributed by atoms with E-state index in [2.05, 4.69) is 25.4 Å². The van der Waals surface area contributed by atoms with Crippen LogP contribution in [0, 0.1) is 0 Å². The van der Waals surface area contributed by atoms with E-state index in [1.165, 1.54) is 6.33 Å². The van der Waals surface area contributed by atoms with E-state index in [4.69, 9.17) is 4.42 Å². The highest BCUT2D eigenvalue weighted by molar-refractivity contribution is 6.05. The zero-order valence-corrected chi connectivity index (χ0v) is 13.4. The maximum Gasteiger partial charge on any atom is 0.257 e. The number of imidazole rings is 1. The summed E-state index contributed by atoms with van der Waals surface area (Å²) in [6, 6.07) is 12.6. The van der Waals surface area contributed by atoms with Gasteiger partial charge in [0.25, 0.3) is 5.91 Å². The molecule has 0 aliphatic carbocycles. The molecule has 5 rings (SSSR count). The Hall–Kier alpha value is -3.94. The van der Waals surface area contributed by atoms with Crippen LogP contribution in [0.25, 0.3) is 28.3 Å². The van der Waals surface area contributed by atoms with Crippen molar-refractivity contribution in [2.24, 2.45) is 0 Å². The minimum atomic E-state index is -0.229. The molecule has 4 aromatic heterocycles. The second kappa shape index (κ2) is 5.55. The lowest BCUT2D eigenvalue weighted by Gasteiger charge is -2.05. The predicted octanol–water partition coefficient (Wildman–Crippen LogP) is 3.12. The number of hydrogen-bond donors (Lipinski definition) is 2. The molecule has 0 atom stereocenters. The number of nitrogens with zero attached hydrogens (tertiary/aromatic N) is 4. The molecule has 8 nitrogen and oxygen atoms in total. The van der Waals surface area contributed by atoms with E-state index in [1.807, 2.05) is 18.2 Å². The lowest BCUT2D eigenvalue weighted by atomic mass is 10.2. The number of fused-ring (bicyclic) bond motifs is 2. The van der Waals surface area contributed by atoms with Crippen molar-refractivity contribution in [3.05, 3.63) is 66.8 Å². The number of carbonyl (C=O) groups excluding carboxylic acids is 1. The molecule has 2 N–H and O–H groups in total. The van der Waals surface area contributed by atoms with Crippen LogP contribution in [-0.4, -0.2) is 30.5 Å². The Morgan fingerprint density at radius 2 is 2.15 bits per heavy atom. The largest absolute Gasteiger partial charge is 0.461 e. The van der Waals surface area contributed by atoms with Crippen LogP contribution in [0.2, 0.25) is 0 Å². The fourth-order valence-corrected chi connectivity index (χ4v) is 2.77. The summed E-state index contributed by atoms with van der Waals surface area (Å²) in [6.07, 6.45) is 4.68. The van der Waals surface area contributed by atoms with Gasteiger partial charge in [-0.3, -0.25) is 4.79 Å². The number of aromatic amines is 1. The minimum absolute atomic E-state index is 0.229. The first-order chi connectivity index (χ1) is 12.8. The number of rotatable bonds is 3. The van der Waals surface area contributed by atoms with Crippen molar-refractivity contribution in [3.63, 3.8) is 0 Å². The molecule has 0 unspecified atom stereocenters. The number of nitrogens with one attached hydrogen (secondary N) is 2. The van der Waals surface area contributed by atoms with E-state index in [-0.39, 0.29) is 5.91 Å². The molecule has 0 spiro atoms. The molecule has 1 amide bonds. The fourth-order valence-electron chi connectivity index (χ4n) is 2.77. The van der Waals surface area contributed by atoms with Crippen LogP contribution in [0.15, 0.2) is 65.7 Å². The molecular weight excluding hydrogens is 332 g/mol. The first-order valence-corrected chi connectivity index (χ1v) is 7.91. The molecule has 126 valence electrons. The van der Waals surface area contributed by atoms with Crippen molar-refractivity contribution in [1.82, 2.24) is 24.6 Å². The van der Waals surface area contributed by atoms with E-state index in [1.54, 1.807) is 41.2 Å². The third-order valence-corrected chi connectivity index (χ3v) is 4.03. The number of H-pyrrole nitrogens is 1. The third kappa shape index (κ3) is 2.40. The Bertz CT molecular complexity index is 1240. The SMILES string of the molecule is O=C(Nc1ccc2nc(-c3ccco3)[nH]c2c1)c1ccc2ncnn2c1. The lowest BCUT2D eigenvalue weighted by Crippen LogP contribution is -2.12. The first-order valence-electron chi connectivity index (χ1n) is 7.91. The summed E-state index contributed by atoms with van der Waals surface area (Å²) in [5.41, 5.74) is 3.44. The molecule has 0 bridgehead atoms. The summed E-state index contributed by atoms with van der Waals surface area (Å²) in [5, 5.41) is 6.92. The highest BCUT2D eigenvalue weighted by atomic mass is 16.3. The van der Waals surface area contributed by atoms with Gasteiger partial charge in [-0.15, -0.1) is 0 Å². The van der Waals surface area contributed by atoms with Crippen molar-refractivity contribution in [3.8, 4) is 11.6 Å². The summed E-state index contributed by atoms with van der Waals surface area (Å²) < 4.78 is 6.91. The smallest absolute Gasteiger partial charge is 0.257 e. The summed E-state index contributed by atoms with van der Waals surface area (Å²) >= 11 is 0. The van der Waals surface area contributed by atoms with Crippen LogP contribution in [0.5, 0.6) is 0 Å². The van der Waals surface area contributed by atoms with Crippen LogP contribution >= 0.6 is 0 Å². The Labute approximate surface area is 146 Å². The van der Waals surface area contributed by atoms with Crippen molar-refractivity contribution < 1.29 is 9.21 Å². The molecule has 0 radical (unpaired) electrons. The minimum Gasteiger partial charge on any atom is -0.461 e. The van der Waals surface area contributed by atoms with Gasteiger partial charge in [-0.05, 0) is 42.5 Å². The average molecular weight is 344 g/mol. The summed E-state index contributed by atoms with van der Waals surface area (Å²) in [4.78, 5) is 24.2. The number of benzene rings is 1. The molecule has 0 saturated carbocycles. The van der Waals surface area contributed by atoms with Gasteiger partial charge in [0.15, 0.2) is 17.2 Å². The van der Waals surface area contributed by atoms with Crippen molar-refractivity contribution >= 4 is 28.3 Å². The number of hydrogen-bond acceptors (Lipinski definition) is 5. The van der Waals surface area contributed by atoms with E-state index >= 15 is 0 Å². The number of furan rings is 1. The van der Waals surface area contributed by atoms with Crippen LogP contribution in [-0.2, 0) is 0 Å². The van der Waals surface area contributed by atoms with Gasteiger partial charge in [0.2, 0.25) is 0 Å². The van der Waals surface area contributed by atoms with Gasteiger partial charge < -0.3 is 14.7 Å². The van der Waals surface area contributed by atoms with E-state index in [0.29, 0.717) is 28.5 Å². The van der Waals surface area contributed by atoms with Crippen molar-refractivity contribution in [1.29, 1.82) is 0 Å². The van der Waals surface area contributed by atoms with Gasteiger partial charge in [0.1, 0.15) is 6.33 Å². The number of carbonyl (C=O) groups is 1. The lowest BCUT2D eigenvalue weighted by molar-refractivity contribution is 0.102. The summed E-state index contributed by atoms with van der Waals surface area (Å²) in [6.45, 7) is 0. The highest BCUT2D eigenvalue weighted by Gasteiger charge is 2.11. The molecule has 4 heterocycles. The summed E-state index contributed by atoms with van der Waals surface area (Å²) in [7, 11) is 0. The molecule has 0 aliphatic heterocycles. The van der Waals surface area contributed by atoms with Gasteiger partial charge in [-0.1, -0.05) is 0 Å². The van der Waals surface area contributed by atoms with Gasteiger partial charge in [0.05, 0.1) is 22.9 Å². The Balaban J connectivity index is 1.44. The Morgan fingerprint density at radius 1 is 1.19 bits per heavy atom. The number of aromatic nitrogens is 5. The molecule has 0 saturated heterocycles. The van der Waals surface area contributed by atoms with Crippen LogP contribution in [0.4, 0.5) is 5.69 Å². The van der Waals surface area contributed by atoms with E-state index < -0.39 is 0 Å². The fraction of sp³-hybridized carbons (Fsp3) is 0. The predicted molar refractivity (Wildman–Crippen MR) is 94.7 cm³/mol. The first kappa shape index (κ1) is 14.4. The molecule has 26 heavy (non-hydrogen) atoms. The number of amides is 1. The van der Waals surface area contributed by atoms with Gasteiger partial charge in [-0.25, -0.2) is 14.5 Å². The highest BCUT2D eigenvalue weighted by Crippen LogP contribution is 2.23. The molecule has 8 heteroatoms. The van der Waals surface area contributed by atoms with Gasteiger partial charge in [-0.2, -0.15) is 5.10 Å². The topological polar surface area (TPSA) is 101 Å². The molecule has 1 aromatic carbocycles.